The second-order valence-electron chi connectivity index (χ2n) is 50.4. The van der Waals surface area contributed by atoms with Crippen molar-refractivity contribution >= 4 is 0 Å². The molecule has 0 N–H and O–H groups in total. The fraction of sp³-hybridized carbons (Fsp3) is 1.00. The van der Waals surface area contributed by atoms with Gasteiger partial charge < -0.3 is 0 Å². The van der Waals surface area contributed by atoms with E-state index in [2.05, 4.69) is 422 Å². The van der Waals surface area contributed by atoms with E-state index in [4.69, 9.17) is 0 Å². The maximum Gasteiger partial charge on any atom is -0.0297 e. The average molecular weight is 1470 g/mol. The topological polar surface area (TPSA) is 0 Å². The Kier molecular flexibility index (Phi) is 57.1. The van der Waals surface area contributed by atoms with Crippen molar-refractivity contribution in [1.82, 2.24) is 0 Å². The van der Waals surface area contributed by atoms with Gasteiger partial charge in [-0.15, -0.1) is 0 Å². The summed E-state index contributed by atoms with van der Waals surface area (Å²) in [4.78, 5) is 0. The van der Waals surface area contributed by atoms with Crippen LogP contribution in [0.4, 0.5) is 0 Å². The van der Waals surface area contributed by atoms with Crippen molar-refractivity contribution < 1.29 is 0 Å². The van der Waals surface area contributed by atoms with E-state index in [0.29, 0.717) is 70.4 Å². The second kappa shape index (κ2) is 49.6. The van der Waals surface area contributed by atoms with Crippen LogP contribution in [0.3, 0.4) is 0 Å². The van der Waals surface area contributed by atoms with Crippen molar-refractivity contribution in [2.45, 2.75) is 499 Å². The highest BCUT2D eigenvalue weighted by molar-refractivity contribution is 5.00. The van der Waals surface area contributed by atoms with Gasteiger partial charge in [0, 0.05) is 0 Å². The van der Waals surface area contributed by atoms with Gasteiger partial charge in [-0.25, -0.2) is 0 Å². The molecule has 5 fully saturated rings. The van der Waals surface area contributed by atoms with Gasteiger partial charge >= 0.3 is 0 Å². The Bertz CT molecular complexity index is 1840. The van der Waals surface area contributed by atoms with Crippen LogP contribution >= 0.6 is 0 Å². The summed E-state index contributed by atoms with van der Waals surface area (Å²) in [6.45, 7) is 140. The standard InChI is InChI=1S/3C9H20.7C8H18.2C7H12.C7H14/c1-7-9(5,6)8(2,3)4;1-7(2)8(3)9(4,5)6;1-7(2)9(5,6)8(3)4;3*1-7(2,3)8(4,5)6;2*1-6-7(2)8(3,4)5;1-6-8(4,5)7(2)3;1-6(2)8(5)7(3)4;1-7(4-5-7)6-2-3-6;1-5-4-7(5)6-2-3-6;1-5-4-6(2)7(5)3/h7H2,1-6H3;2*7-8H,1-6H3;3*1-6H3;3*7H,6H2,1-5H3;6-8H,1-5H3;6H,2-5H2,1H3;5-7H,2-4H2,1H3;5-7H,4H2,1-3H3/t;8-;;;;;7-;;;;;5-,7?;/m.1....1....0./s1. The summed E-state index contributed by atoms with van der Waals surface area (Å²) in [5.74, 6) is 15.9. The molecular formula is C104H224. The Morgan fingerprint density at radius 1 is 0.317 bits per heavy atom. The van der Waals surface area contributed by atoms with Crippen molar-refractivity contribution in [2.75, 3.05) is 0 Å². The fourth-order valence-corrected chi connectivity index (χ4v) is 8.90. The first-order valence-electron chi connectivity index (χ1n) is 45.2. The van der Waals surface area contributed by atoms with E-state index in [0.717, 1.165) is 94.2 Å². The summed E-state index contributed by atoms with van der Waals surface area (Å²) in [6, 6.07) is 0. The van der Waals surface area contributed by atoms with Crippen molar-refractivity contribution in [2.24, 2.45) is 176 Å². The SMILES string of the molecule is CC(C)(C)C(C)(C)C.CC(C)(C)C(C)(C)C.CC(C)(C)C(C)(C)C.CC(C)C(C)(C)C(C)C.CC(C)C(C)C(C)C.CC(C)[C@@H](C)C(C)(C)C.CC1(C2CC2)CC1.CC1CC(C)C1C.CCC(C)(C)C(C)(C)C.CCC(C)(C)C(C)C.CCC(C)C(C)(C)C.CC[C@@H](C)C(C)(C)C.C[C@H]1CC1C1CC1. The third-order valence-corrected chi connectivity index (χ3v) is 31.3. The largest absolute Gasteiger partial charge is 0.0651 e. The summed E-state index contributed by atoms with van der Waals surface area (Å²) in [5, 5.41) is 0. The lowest BCUT2D eigenvalue weighted by Crippen LogP contribution is -2.29. The first-order valence-corrected chi connectivity index (χ1v) is 45.2. The van der Waals surface area contributed by atoms with Gasteiger partial charge in [0.15, 0.2) is 0 Å². The van der Waals surface area contributed by atoms with Crippen LogP contribution in [-0.4, -0.2) is 0 Å². The van der Waals surface area contributed by atoms with Crippen LogP contribution < -0.4 is 0 Å². The lowest BCUT2D eigenvalue weighted by Gasteiger charge is -2.38. The van der Waals surface area contributed by atoms with Crippen LogP contribution in [0.1, 0.15) is 499 Å². The maximum absolute atomic E-state index is 2.44. The van der Waals surface area contributed by atoms with Gasteiger partial charge in [-0.05, 0) is 228 Å². The smallest absolute Gasteiger partial charge is 0.0297 e. The molecule has 0 aromatic heterocycles. The Balaban J connectivity index is -0.000000160. The monoisotopic (exact) mass is 1470 g/mol. The second-order valence-corrected chi connectivity index (χ2v) is 50.4. The van der Waals surface area contributed by atoms with Gasteiger partial charge in [-0.3, -0.25) is 0 Å². The normalized spacial score (nSPS) is 20.6. The summed E-state index contributed by atoms with van der Waals surface area (Å²) in [6.07, 6.45) is 17.4. The van der Waals surface area contributed by atoms with Crippen LogP contribution in [-0.2, 0) is 0 Å². The van der Waals surface area contributed by atoms with Gasteiger partial charge in [-0.2, -0.15) is 0 Å². The molecular weight excluding hydrogens is 1250 g/mol. The quantitative estimate of drug-likeness (QED) is 0.183. The molecule has 0 heterocycles. The number of rotatable bonds is 12. The molecule has 0 spiro atoms. The third kappa shape index (κ3) is 58.8. The minimum absolute atomic E-state index is 0.437. The molecule has 0 amide bonds. The summed E-state index contributed by atoms with van der Waals surface area (Å²) >= 11 is 0. The van der Waals surface area contributed by atoms with Gasteiger partial charge in [0.1, 0.15) is 0 Å². The molecule has 0 bridgehead atoms. The van der Waals surface area contributed by atoms with Crippen LogP contribution in [0.15, 0.2) is 0 Å². The van der Waals surface area contributed by atoms with Gasteiger partial charge in [0.05, 0.1) is 0 Å². The highest BCUT2D eigenvalue weighted by Gasteiger charge is 2.49. The van der Waals surface area contributed by atoms with Crippen molar-refractivity contribution in [1.29, 1.82) is 0 Å². The molecule has 5 saturated carbocycles. The molecule has 7 atom stereocenters. The van der Waals surface area contributed by atoms with Crippen LogP contribution in [0.2, 0.25) is 0 Å². The lowest BCUT2D eigenvalue weighted by molar-refractivity contribution is 0.120. The average Bonchev–Trinajstić information content (AvgIpc) is 1.62. The highest BCUT2D eigenvalue weighted by atomic mass is 14.5. The molecule has 0 aliphatic heterocycles. The van der Waals surface area contributed by atoms with E-state index in [1.54, 1.807) is 19.3 Å². The fourth-order valence-electron chi connectivity index (χ4n) is 8.90. The van der Waals surface area contributed by atoms with E-state index in [1.165, 1.54) is 69.6 Å². The Hall–Kier alpha value is 0. The first-order chi connectivity index (χ1) is 45.2. The molecule has 5 aliphatic carbocycles. The third-order valence-electron chi connectivity index (χ3n) is 31.3. The zero-order valence-corrected chi connectivity index (χ0v) is 86.3. The highest BCUT2D eigenvalue weighted by Crippen LogP contribution is 2.61. The molecule has 0 radical (unpaired) electrons. The molecule has 4 unspecified atom stereocenters. The summed E-state index contributed by atoms with van der Waals surface area (Å²) in [5.41, 5.74) is 6.95. The number of hydrogen-bond acceptors (Lipinski definition) is 0. The lowest BCUT2D eigenvalue weighted by atomic mass is 9.68. The predicted molar refractivity (Wildman–Crippen MR) is 495 cm³/mol. The Labute approximate surface area is 671 Å². The molecule has 640 valence electrons. The van der Waals surface area contributed by atoms with E-state index in [1.807, 2.05) is 0 Å². The molecule has 0 aromatic carbocycles. The Morgan fingerprint density at radius 2 is 0.587 bits per heavy atom. The van der Waals surface area contributed by atoms with Crippen molar-refractivity contribution in [3.05, 3.63) is 0 Å². The maximum atomic E-state index is 2.44. The molecule has 0 nitrogen and oxygen atoms in total. The van der Waals surface area contributed by atoms with Crippen molar-refractivity contribution in [3.8, 4) is 0 Å². The van der Waals surface area contributed by atoms with Gasteiger partial charge in [0.2, 0.25) is 0 Å². The Morgan fingerprint density at radius 3 is 0.606 bits per heavy atom. The van der Waals surface area contributed by atoms with Crippen LogP contribution in [0, 0.1) is 176 Å². The van der Waals surface area contributed by atoms with E-state index >= 15 is 0 Å². The molecule has 5 aliphatic rings. The van der Waals surface area contributed by atoms with Crippen molar-refractivity contribution in [3.63, 3.8) is 0 Å². The molecule has 104 heavy (non-hydrogen) atoms. The molecule has 5 rings (SSSR count). The molecule has 0 saturated heterocycles. The zero-order chi connectivity index (χ0) is 86.3. The zero-order valence-electron chi connectivity index (χ0n) is 86.3. The summed E-state index contributed by atoms with van der Waals surface area (Å²) in [7, 11) is 0. The van der Waals surface area contributed by atoms with Gasteiger partial charge in [0.25, 0.3) is 0 Å². The van der Waals surface area contributed by atoms with Crippen LogP contribution in [0.5, 0.6) is 0 Å². The predicted octanol–water partition coefficient (Wildman–Crippen LogP) is 38.1. The minimum Gasteiger partial charge on any atom is -0.0651 e. The first kappa shape index (κ1) is 120. The summed E-state index contributed by atoms with van der Waals surface area (Å²) < 4.78 is 0. The molecule has 0 aromatic rings. The van der Waals surface area contributed by atoms with Gasteiger partial charge in [-0.1, -0.05) is 448 Å². The van der Waals surface area contributed by atoms with Crippen LogP contribution in [0.25, 0.3) is 0 Å². The van der Waals surface area contributed by atoms with E-state index < -0.39 is 0 Å². The number of hydrogen-bond donors (Lipinski definition) is 0. The molecule has 0 heteroatoms. The van der Waals surface area contributed by atoms with E-state index in [-0.39, 0.29) is 0 Å². The minimum atomic E-state index is 0.437. The van der Waals surface area contributed by atoms with E-state index in [9.17, 15) is 0 Å².